The summed E-state index contributed by atoms with van der Waals surface area (Å²) in [6, 6.07) is 0. The summed E-state index contributed by atoms with van der Waals surface area (Å²) in [6.45, 7) is 8.30. The molecule has 3 aliphatic rings. The van der Waals surface area contributed by atoms with Crippen LogP contribution in [0.5, 0.6) is 0 Å². The molecule has 8 heteroatoms. The molecule has 0 spiro atoms. The second-order valence-corrected chi connectivity index (χ2v) is 10.4. The van der Waals surface area contributed by atoms with E-state index in [0.717, 1.165) is 55.1 Å². The fourth-order valence-corrected chi connectivity index (χ4v) is 4.99. The molecule has 0 aromatic carbocycles. The van der Waals surface area contributed by atoms with E-state index in [0.29, 0.717) is 31.9 Å². The van der Waals surface area contributed by atoms with Gasteiger partial charge in [0.2, 0.25) is 5.95 Å². The number of aromatic nitrogens is 2. The molecule has 0 saturated carbocycles. The van der Waals surface area contributed by atoms with Crippen molar-refractivity contribution in [3.63, 3.8) is 0 Å². The van der Waals surface area contributed by atoms with E-state index in [1.54, 1.807) is 7.11 Å². The van der Waals surface area contributed by atoms with Crippen molar-refractivity contribution >= 4 is 17.8 Å². The lowest BCUT2D eigenvalue weighted by atomic mass is 9.82. The third-order valence-electron chi connectivity index (χ3n) is 7.31. The Morgan fingerprint density at radius 3 is 2.74 bits per heavy atom. The summed E-state index contributed by atoms with van der Waals surface area (Å²) in [5.74, 6) is 8.20. The molecule has 1 unspecified atom stereocenters. The number of hydrogen-bond acceptors (Lipinski definition) is 7. The molecule has 35 heavy (non-hydrogen) atoms. The summed E-state index contributed by atoms with van der Waals surface area (Å²) in [4.78, 5) is 16.3. The second kappa shape index (κ2) is 11.7. The molecule has 0 bridgehead atoms. The minimum atomic E-state index is -0.825. The molecule has 2 fully saturated rings. The number of halogens is 1. The number of anilines is 2. The average Bonchev–Trinajstić information content (AvgIpc) is 3.51. The van der Waals surface area contributed by atoms with Gasteiger partial charge in [-0.1, -0.05) is 11.8 Å². The Bertz CT molecular complexity index is 964. The van der Waals surface area contributed by atoms with Crippen molar-refractivity contribution in [3.05, 3.63) is 16.8 Å². The number of methoxy groups -OCH3 is 1. The smallest absolute Gasteiger partial charge is 0.227 e. The summed E-state index contributed by atoms with van der Waals surface area (Å²) in [7, 11) is 5.85. The quantitative estimate of drug-likeness (QED) is 0.427. The van der Waals surface area contributed by atoms with Crippen molar-refractivity contribution in [2.45, 2.75) is 57.2 Å². The molecule has 2 atom stereocenters. The van der Waals surface area contributed by atoms with E-state index in [1.165, 1.54) is 25.9 Å². The van der Waals surface area contributed by atoms with Crippen LogP contribution >= 0.6 is 0 Å². The fourth-order valence-electron chi connectivity index (χ4n) is 4.99. The number of likely N-dealkylation sites (tertiary alicyclic amines) is 1. The number of alkyl halides is 1. The molecule has 1 N–H and O–H groups in total. The fraction of sp³-hybridized carbons (Fsp3) is 0.704. The van der Waals surface area contributed by atoms with E-state index in [9.17, 15) is 4.39 Å². The Labute approximate surface area is 210 Å². The van der Waals surface area contributed by atoms with Gasteiger partial charge in [-0.3, -0.25) is 0 Å². The molecule has 1 aliphatic carbocycles. The first-order valence-corrected chi connectivity index (χ1v) is 13.0. The monoisotopic (exact) mass is 484 g/mol. The first-order valence-electron chi connectivity index (χ1n) is 13.0. The van der Waals surface area contributed by atoms with Crippen LogP contribution in [0.15, 0.2) is 5.57 Å². The highest BCUT2D eigenvalue weighted by Gasteiger charge is 2.36. The molecule has 4 rings (SSSR count). The number of unbranched alkanes of at least 4 members (excludes halogenated alkanes) is 1. The van der Waals surface area contributed by atoms with E-state index in [2.05, 4.69) is 54.1 Å². The Kier molecular flexibility index (Phi) is 8.64. The van der Waals surface area contributed by atoms with Crippen LogP contribution in [0.4, 0.5) is 16.2 Å². The molecule has 1 aromatic rings. The zero-order valence-corrected chi connectivity index (χ0v) is 21.9. The van der Waals surface area contributed by atoms with Crippen LogP contribution < -0.4 is 10.2 Å². The highest BCUT2D eigenvalue weighted by Crippen LogP contribution is 2.37. The maximum Gasteiger partial charge on any atom is 0.227 e. The van der Waals surface area contributed by atoms with E-state index in [-0.39, 0.29) is 0 Å². The lowest BCUT2D eigenvalue weighted by Gasteiger charge is -2.33. The molecular weight excluding hydrogens is 443 g/mol. The third-order valence-corrected chi connectivity index (χ3v) is 7.31. The summed E-state index contributed by atoms with van der Waals surface area (Å²) in [5, 5.41) is 3.50. The second-order valence-electron chi connectivity index (χ2n) is 10.4. The van der Waals surface area contributed by atoms with Gasteiger partial charge in [0.25, 0.3) is 0 Å². The van der Waals surface area contributed by atoms with Crippen molar-refractivity contribution in [2.24, 2.45) is 0 Å². The van der Waals surface area contributed by atoms with Gasteiger partial charge in [-0.15, -0.1) is 0 Å². The van der Waals surface area contributed by atoms with Crippen molar-refractivity contribution in [2.75, 3.05) is 77.2 Å². The number of ether oxygens (including phenoxy) is 1. The van der Waals surface area contributed by atoms with Gasteiger partial charge >= 0.3 is 0 Å². The Morgan fingerprint density at radius 2 is 2.06 bits per heavy atom. The van der Waals surface area contributed by atoms with Gasteiger partial charge < -0.3 is 24.8 Å². The van der Waals surface area contributed by atoms with E-state index in [1.807, 2.05) is 4.90 Å². The number of likely N-dealkylation sites (N-methyl/N-ethyl adjacent to an activating group) is 1. The summed E-state index contributed by atoms with van der Waals surface area (Å²) in [6.07, 6.45) is 7.01. The van der Waals surface area contributed by atoms with Gasteiger partial charge in [0.05, 0.1) is 12.2 Å². The van der Waals surface area contributed by atoms with Crippen LogP contribution in [0.3, 0.4) is 0 Å². The SMILES string of the molecule is COC1(C)Cc2c(nc(N3CC[C@@H](F)C3)nc2NCCN(C)C)C=C1C#CCCCN1CCCC1. The predicted octanol–water partition coefficient (Wildman–Crippen LogP) is 3.22. The van der Waals surface area contributed by atoms with Crippen LogP contribution in [0, 0.1) is 11.8 Å². The van der Waals surface area contributed by atoms with E-state index < -0.39 is 11.8 Å². The first kappa shape index (κ1) is 25.9. The minimum absolute atomic E-state index is 0.346. The highest BCUT2D eigenvalue weighted by atomic mass is 19.1. The lowest BCUT2D eigenvalue weighted by molar-refractivity contribution is 0.0422. The third kappa shape index (κ3) is 6.52. The molecule has 3 heterocycles. The standard InChI is InChI=1S/C27H41FN6O/c1-27(35-4)19-23-24(18-21(27)10-6-5-7-13-33-14-8-9-15-33)30-26(34-16-11-22(28)20-34)31-25(23)29-12-17-32(2)3/h18,22H,5,7-9,11-17,19-20H2,1-4H3,(H,29,30,31)/t22-,27?/m1/s1. The molecule has 0 amide bonds. The summed E-state index contributed by atoms with van der Waals surface area (Å²) in [5.41, 5.74) is 2.31. The molecule has 1 aromatic heterocycles. The normalized spacial score (nSPS) is 24.3. The largest absolute Gasteiger partial charge is 0.373 e. The first-order chi connectivity index (χ1) is 16.9. The molecule has 7 nitrogen and oxygen atoms in total. The van der Waals surface area contributed by atoms with Crippen molar-refractivity contribution in [3.8, 4) is 11.8 Å². The number of nitrogens with zero attached hydrogens (tertiary/aromatic N) is 5. The Morgan fingerprint density at radius 1 is 1.26 bits per heavy atom. The number of hydrogen-bond donors (Lipinski definition) is 1. The summed E-state index contributed by atoms with van der Waals surface area (Å²) < 4.78 is 19.9. The highest BCUT2D eigenvalue weighted by molar-refractivity contribution is 5.70. The molecule has 0 radical (unpaired) electrons. The van der Waals surface area contributed by atoms with Crippen LogP contribution in [0.2, 0.25) is 0 Å². The number of nitrogens with one attached hydrogen (secondary N) is 1. The molecule has 2 aliphatic heterocycles. The Balaban J connectivity index is 1.58. The molecule has 192 valence electrons. The molecule has 2 saturated heterocycles. The van der Waals surface area contributed by atoms with Gasteiger partial charge in [-0.05, 0) is 72.4 Å². The topological polar surface area (TPSA) is 56.8 Å². The van der Waals surface area contributed by atoms with Gasteiger partial charge in [0, 0.05) is 50.7 Å². The minimum Gasteiger partial charge on any atom is -0.373 e. The maximum atomic E-state index is 13.9. The van der Waals surface area contributed by atoms with Gasteiger partial charge in [-0.2, -0.15) is 4.98 Å². The van der Waals surface area contributed by atoms with E-state index in [4.69, 9.17) is 14.7 Å². The van der Waals surface area contributed by atoms with Crippen LogP contribution in [0.25, 0.3) is 6.08 Å². The lowest BCUT2D eigenvalue weighted by Crippen LogP contribution is -2.36. The van der Waals surface area contributed by atoms with Crippen LogP contribution in [0.1, 0.15) is 50.3 Å². The van der Waals surface area contributed by atoms with Gasteiger partial charge in [0.15, 0.2) is 0 Å². The zero-order chi connectivity index (χ0) is 24.8. The average molecular weight is 485 g/mol. The molecular formula is C27H41FN6O. The van der Waals surface area contributed by atoms with Crippen LogP contribution in [-0.4, -0.2) is 98.6 Å². The van der Waals surface area contributed by atoms with Crippen molar-refractivity contribution in [1.82, 2.24) is 19.8 Å². The van der Waals surface area contributed by atoms with Crippen LogP contribution in [-0.2, 0) is 11.2 Å². The maximum absolute atomic E-state index is 13.9. The van der Waals surface area contributed by atoms with Gasteiger partial charge in [-0.25, -0.2) is 9.37 Å². The number of fused-ring (bicyclic) bond motifs is 1. The Hall–Kier alpha value is -2.21. The summed E-state index contributed by atoms with van der Waals surface area (Å²) >= 11 is 0. The van der Waals surface area contributed by atoms with Crippen molar-refractivity contribution < 1.29 is 9.13 Å². The predicted molar refractivity (Wildman–Crippen MR) is 141 cm³/mol. The zero-order valence-electron chi connectivity index (χ0n) is 21.9. The number of rotatable bonds is 9. The van der Waals surface area contributed by atoms with E-state index >= 15 is 0 Å². The van der Waals surface area contributed by atoms with Crippen molar-refractivity contribution in [1.29, 1.82) is 0 Å². The van der Waals surface area contributed by atoms with Gasteiger partial charge in [0.1, 0.15) is 17.6 Å².